The molecule has 5 heteroatoms. The van der Waals surface area contributed by atoms with Crippen molar-refractivity contribution in [2.45, 2.75) is 31.8 Å². The molecule has 0 saturated carbocycles. The van der Waals surface area contributed by atoms with Gasteiger partial charge in [0.1, 0.15) is 6.04 Å². The molecule has 0 spiro atoms. The minimum absolute atomic E-state index is 0.243. The van der Waals surface area contributed by atoms with Gasteiger partial charge in [-0.3, -0.25) is 9.59 Å². The van der Waals surface area contributed by atoms with E-state index >= 15 is 0 Å². The number of likely N-dealkylation sites (tertiary alicyclic amines) is 1. The fourth-order valence-electron chi connectivity index (χ4n) is 1.46. The average molecular weight is 209 g/mol. The number of carbonyl (C=O) groups is 2. The molecule has 1 fully saturated rings. The first-order valence-corrected chi connectivity index (χ1v) is 4.83. The van der Waals surface area contributed by atoms with E-state index in [2.05, 4.69) is 11.8 Å². The van der Waals surface area contributed by atoms with Crippen LogP contribution in [-0.2, 0) is 9.59 Å². The maximum absolute atomic E-state index is 11.7. The van der Waals surface area contributed by atoms with Crippen molar-refractivity contribution in [3.05, 3.63) is 0 Å². The Labute approximate surface area is 88.8 Å². The number of nitrogens with two attached hydrogens (primary N) is 2. The maximum atomic E-state index is 11.7. The van der Waals surface area contributed by atoms with E-state index in [1.807, 2.05) is 0 Å². The molecule has 0 radical (unpaired) electrons. The van der Waals surface area contributed by atoms with Crippen LogP contribution in [0.3, 0.4) is 0 Å². The van der Waals surface area contributed by atoms with Crippen LogP contribution in [0.4, 0.5) is 0 Å². The number of nitrogens with zero attached hydrogens (tertiary/aromatic N) is 1. The first-order valence-electron chi connectivity index (χ1n) is 4.83. The van der Waals surface area contributed by atoms with Crippen molar-refractivity contribution in [1.82, 2.24) is 4.90 Å². The van der Waals surface area contributed by atoms with Crippen molar-refractivity contribution in [3.8, 4) is 11.8 Å². The Morgan fingerprint density at radius 2 is 2.27 bits per heavy atom. The zero-order chi connectivity index (χ0) is 11.4. The summed E-state index contributed by atoms with van der Waals surface area (Å²) < 4.78 is 0. The van der Waals surface area contributed by atoms with Crippen molar-refractivity contribution in [3.63, 3.8) is 0 Å². The highest BCUT2D eigenvalue weighted by Crippen LogP contribution is 2.18. The Kier molecular flexibility index (Phi) is 3.69. The molecule has 0 aromatic rings. The number of carbonyl (C=O) groups excluding carboxylic acids is 2. The second-order valence-corrected chi connectivity index (χ2v) is 3.48. The van der Waals surface area contributed by atoms with E-state index in [1.54, 1.807) is 6.92 Å². The van der Waals surface area contributed by atoms with Gasteiger partial charge in [-0.15, -0.1) is 11.8 Å². The van der Waals surface area contributed by atoms with Crippen molar-refractivity contribution < 1.29 is 9.59 Å². The van der Waals surface area contributed by atoms with E-state index in [0.29, 0.717) is 19.4 Å². The number of hydrogen-bond donors (Lipinski definition) is 2. The van der Waals surface area contributed by atoms with E-state index in [1.165, 1.54) is 4.90 Å². The van der Waals surface area contributed by atoms with E-state index in [9.17, 15) is 9.59 Å². The smallest absolute Gasteiger partial charge is 0.241 e. The molecule has 1 saturated heterocycles. The van der Waals surface area contributed by atoms with Crippen LogP contribution in [0.1, 0.15) is 19.8 Å². The molecule has 2 unspecified atom stereocenters. The van der Waals surface area contributed by atoms with Gasteiger partial charge < -0.3 is 16.4 Å². The highest BCUT2D eigenvalue weighted by atomic mass is 16.2. The van der Waals surface area contributed by atoms with Crippen LogP contribution in [0.15, 0.2) is 0 Å². The Morgan fingerprint density at radius 1 is 1.60 bits per heavy atom. The summed E-state index contributed by atoms with van der Waals surface area (Å²) >= 11 is 0. The molecule has 1 heterocycles. The van der Waals surface area contributed by atoms with Gasteiger partial charge in [0.05, 0.1) is 6.04 Å². The Hall–Kier alpha value is -1.54. The number of rotatable bonds is 3. The first kappa shape index (κ1) is 11.5. The number of primary amides is 1. The molecule has 4 N–H and O–H groups in total. The second-order valence-electron chi connectivity index (χ2n) is 3.48. The predicted molar refractivity (Wildman–Crippen MR) is 55.4 cm³/mol. The van der Waals surface area contributed by atoms with Gasteiger partial charge in [-0.05, 0) is 13.3 Å². The monoisotopic (exact) mass is 209 g/mol. The van der Waals surface area contributed by atoms with Crippen molar-refractivity contribution >= 4 is 11.8 Å². The van der Waals surface area contributed by atoms with Crippen LogP contribution in [0.2, 0.25) is 0 Å². The van der Waals surface area contributed by atoms with Gasteiger partial charge in [0.25, 0.3) is 0 Å². The molecule has 82 valence electrons. The van der Waals surface area contributed by atoms with Gasteiger partial charge in [-0.1, -0.05) is 0 Å². The zero-order valence-corrected chi connectivity index (χ0v) is 8.69. The van der Waals surface area contributed by atoms with Gasteiger partial charge >= 0.3 is 0 Å². The summed E-state index contributed by atoms with van der Waals surface area (Å²) in [4.78, 5) is 24.0. The summed E-state index contributed by atoms with van der Waals surface area (Å²) in [6.45, 7) is 2.24. The van der Waals surface area contributed by atoms with Crippen LogP contribution in [0.25, 0.3) is 0 Å². The van der Waals surface area contributed by atoms with Crippen molar-refractivity contribution in [1.29, 1.82) is 0 Å². The molecule has 5 nitrogen and oxygen atoms in total. The third-order valence-corrected chi connectivity index (χ3v) is 2.45. The van der Waals surface area contributed by atoms with Crippen LogP contribution in [0.5, 0.6) is 0 Å². The molecule has 1 rings (SSSR count). The molecule has 1 aliphatic heterocycles. The van der Waals surface area contributed by atoms with E-state index in [0.717, 1.165) is 0 Å². The SMILES string of the molecule is CC#CCC(N)C(=O)N1CCC1C(N)=O. The van der Waals surface area contributed by atoms with Crippen LogP contribution in [-0.4, -0.2) is 35.3 Å². The summed E-state index contributed by atoms with van der Waals surface area (Å²) in [5.74, 6) is 4.70. The lowest BCUT2D eigenvalue weighted by Gasteiger charge is -2.39. The highest BCUT2D eigenvalue weighted by Gasteiger charge is 2.37. The summed E-state index contributed by atoms with van der Waals surface area (Å²) in [5.41, 5.74) is 10.8. The summed E-state index contributed by atoms with van der Waals surface area (Å²) in [5, 5.41) is 0. The summed E-state index contributed by atoms with van der Waals surface area (Å²) in [6.07, 6.45) is 0.949. The molecule has 0 aromatic carbocycles. The third-order valence-electron chi connectivity index (χ3n) is 2.45. The summed E-state index contributed by atoms with van der Waals surface area (Å²) in [7, 11) is 0. The third kappa shape index (κ3) is 2.48. The molecule has 0 aliphatic carbocycles. The lowest BCUT2D eigenvalue weighted by Crippen LogP contribution is -2.60. The minimum atomic E-state index is -0.653. The number of hydrogen-bond acceptors (Lipinski definition) is 3. The Balaban J connectivity index is 2.52. The fourth-order valence-corrected chi connectivity index (χ4v) is 1.46. The molecule has 15 heavy (non-hydrogen) atoms. The standard InChI is InChI=1S/C10H15N3O2/c1-2-3-4-7(11)10(15)13-6-5-8(13)9(12)14/h7-8H,4-6,11H2,1H3,(H2,12,14). The largest absolute Gasteiger partial charge is 0.368 e. The van der Waals surface area contributed by atoms with Crippen LogP contribution in [0, 0.1) is 11.8 Å². The normalized spacial score (nSPS) is 20.9. The van der Waals surface area contributed by atoms with Gasteiger partial charge in [0, 0.05) is 13.0 Å². The quantitative estimate of drug-likeness (QED) is 0.573. The summed E-state index contributed by atoms with van der Waals surface area (Å²) in [6, 6.07) is -1.13. The molecule has 0 aromatic heterocycles. The van der Waals surface area contributed by atoms with Crippen LogP contribution < -0.4 is 11.5 Å². The first-order chi connectivity index (χ1) is 7.07. The number of amides is 2. The van der Waals surface area contributed by atoms with E-state index in [4.69, 9.17) is 11.5 Å². The Morgan fingerprint density at radius 3 is 2.67 bits per heavy atom. The highest BCUT2D eigenvalue weighted by molar-refractivity contribution is 5.90. The Bertz CT molecular complexity index is 329. The fraction of sp³-hybridized carbons (Fsp3) is 0.600. The maximum Gasteiger partial charge on any atom is 0.241 e. The molecule has 1 aliphatic rings. The molecule has 2 atom stereocenters. The minimum Gasteiger partial charge on any atom is -0.368 e. The van der Waals surface area contributed by atoms with E-state index in [-0.39, 0.29) is 5.91 Å². The molecule has 2 amide bonds. The van der Waals surface area contributed by atoms with Crippen molar-refractivity contribution in [2.24, 2.45) is 11.5 Å². The van der Waals surface area contributed by atoms with Gasteiger partial charge in [0.2, 0.25) is 11.8 Å². The lowest BCUT2D eigenvalue weighted by atomic mass is 10.0. The van der Waals surface area contributed by atoms with Gasteiger partial charge in [0.15, 0.2) is 0 Å². The molecule has 0 bridgehead atoms. The van der Waals surface area contributed by atoms with Crippen molar-refractivity contribution in [2.75, 3.05) is 6.54 Å². The topological polar surface area (TPSA) is 89.4 Å². The van der Waals surface area contributed by atoms with E-state index < -0.39 is 18.0 Å². The predicted octanol–water partition coefficient (Wildman–Crippen LogP) is -1.19. The van der Waals surface area contributed by atoms with Gasteiger partial charge in [-0.2, -0.15) is 0 Å². The molecular formula is C10H15N3O2. The average Bonchev–Trinajstić information content (AvgIpc) is 2.11. The van der Waals surface area contributed by atoms with Gasteiger partial charge in [-0.25, -0.2) is 0 Å². The lowest BCUT2D eigenvalue weighted by molar-refractivity contribution is -0.146. The zero-order valence-electron chi connectivity index (χ0n) is 8.69. The van der Waals surface area contributed by atoms with Crippen LogP contribution >= 0.6 is 0 Å². The second kappa shape index (κ2) is 4.80. The molecular weight excluding hydrogens is 194 g/mol.